The molecule has 2 aromatic rings. The SMILES string of the molecule is N#Cc1ccc(N2CCC(CC(=O)N3CCc4ccccc43)CC2)cc1. The van der Waals surface area contributed by atoms with E-state index in [1.165, 1.54) is 11.3 Å². The molecule has 0 N–H and O–H groups in total. The summed E-state index contributed by atoms with van der Waals surface area (Å²) < 4.78 is 0. The Hall–Kier alpha value is -2.80. The van der Waals surface area contributed by atoms with Gasteiger partial charge >= 0.3 is 0 Å². The lowest BCUT2D eigenvalue weighted by molar-refractivity contribution is -0.119. The standard InChI is InChI=1S/C22H23N3O/c23-16-18-5-7-20(8-6-18)24-12-9-17(10-13-24)15-22(26)25-14-11-19-3-1-2-4-21(19)25/h1-8,17H,9-15H2. The number of nitrogens with zero attached hydrogens (tertiary/aromatic N) is 3. The summed E-state index contributed by atoms with van der Waals surface area (Å²) in [7, 11) is 0. The van der Waals surface area contributed by atoms with E-state index >= 15 is 0 Å². The van der Waals surface area contributed by atoms with Gasteiger partial charge in [0.1, 0.15) is 0 Å². The molecule has 132 valence electrons. The average molecular weight is 345 g/mol. The van der Waals surface area contributed by atoms with Crippen LogP contribution in [0.25, 0.3) is 0 Å². The number of para-hydroxylation sites is 1. The number of carbonyl (C=O) groups is 1. The van der Waals surface area contributed by atoms with E-state index in [-0.39, 0.29) is 5.91 Å². The zero-order chi connectivity index (χ0) is 17.9. The molecule has 0 saturated carbocycles. The fourth-order valence-corrected chi connectivity index (χ4v) is 4.10. The third-order valence-electron chi connectivity index (χ3n) is 5.63. The second-order valence-corrected chi connectivity index (χ2v) is 7.22. The Morgan fingerprint density at radius 2 is 1.77 bits per heavy atom. The highest BCUT2D eigenvalue weighted by Gasteiger charge is 2.28. The van der Waals surface area contributed by atoms with Crippen LogP contribution in [0, 0.1) is 17.2 Å². The third kappa shape index (κ3) is 3.30. The maximum atomic E-state index is 12.8. The smallest absolute Gasteiger partial charge is 0.227 e. The normalized spacial score (nSPS) is 17.0. The molecule has 1 fully saturated rings. The summed E-state index contributed by atoms with van der Waals surface area (Å²) in [5, 5.41) is 8.91. The molecule has 0 atom stereocenters. The van der Waals surface area contributed by atoms with Crippen molar-refractivity contribution in [1.82, 2.24) is 0 Å². The van der Waals surface area contributed by atoms with Crippen LogP contribution in [0.3, 0.4) is 0 Å². The van der Waals surface area contributed by atoms with Crippen LogP contribution in [0.1, 0.15) is 30.4 Å². The van der Waals surface area contributed by atoms with Gasteiger partial charge in [0.2, 0.25) is 5.91 Å². The number of piperidine rings is 1. The van der Waals surface area contributed by atoms with E-state index in [2.05, 4.69) is 23.1 Å². The van der Waals surface area contributed by atoms with Gasteiger partial charge in [-0.05, 0) is 61.1 Å². The second-order valence-electron chi connectivity index (χ2n) is 7.22. The van der Waals surface area contributed by atoms with Crippen molar-refractivity contribution in [3.63, 3.8) is 0 Å². The lowest BCUT2D eigenvalue weighted by Crippen LogP contribution is -2.37. The molecule has 0 radical (unpaired) electrons. The number of benzene rings is 2. The number of hydrogen-bond donors (Lipinski definition) is 0. The number of carbonyl (C=O) groups excluding carboxylic acids is 1. The Kier molecular flexibility index (Phi) is 4.62. The van der Waals surface area contributed by atoms with E-state index in [1.807, 2.05) is 41.3 Å². The molecule has 26 heavy (non-hydrogen) atoms. The molecule has 1 saturated heterocycles. The van der Waals surface area contributed by atoms with Gasteiger partial charge in [-0.3, -0.25) is 4.79 Å². The predicted molar refractivity (Wildman–Crippen MR) is 103 cm³/mol. The van der Waals surface area contributed by atoms with Gasteiger partial charge in [0.05, 0.1) is 11.6 Å². The molecule has 0 aromatic heterocycles. The van der Waals surface area contributed by atoms with Gasteiger partial charge in [0.15, 0.2) is 0 Å². The lowest BCUT2D eigenvalue weighted by atomic mass is 9.92. The molecule has 4 heteroatoms. The molecule has 2 aliphatic heterocycles. The Labute approximate surface area is 154 Å². The van der Waals surface area contributed by atoms with Crippen LogP contribution in [0.5, 0.6) is 0 Å². The molecule has 1 amide bonds. The number of anilines is 2. The van der Waals surface area contributed by atoms with E-state index in [0.717, 1.165) is 44.6 Å². The summed E-state index contributed by atoms with van der Waals surface area (Å²) in [5.74, 6) is 0.733. The van der Waals surface area contributed by atoms with Crippen LogP contribution in [-0.2, 0) is 11.2 Å². The van der Waals surface area contributed by atoms with E-state index in [4.69, 9.17) is 5.26 Å². The summed E-state index contributed by atoms with van der Waals surface area (Å²) in [4.78, 5) is 17.1. The van der Waals surface area contributed by atoms with Crippen LogP contribution < -0.4 is 9.80 Å². The van der Waals surface area contributed by atoms with Crippen molar-refractivity contribution in [3.8, 4) is 6.07 Å². The number of hydrogen-bond acceptors (Lipinski definition) is 3. The molecule has 2 aliphatic rings. The van der Waals surface area contributed by atoms with Gasteiger partial charge in [-0.15, -0.1) is 0 Å². The molecule has 4 nitrogen and oxygen atoms in total. The topological polar surface area (TPSA) is 47.3 Å². The minimum absolute atomic E-state index is 0.270. The summed E-state index contributed by atoms with van der Waals surface area (Å²) >= 11 is 0. The Bertz CT molecular complexity index is 829. The summed E-state index contributed by atoms with van der Waals surface area (Å²) in [6, 6.07) is 18.2. The van der Waals surface area contributed by atoms with E-state index in [9.17, 15) is 4.79 Å². The fraction of sp³-hybridized carbons (Fsp3) is 0.364. The van der Waals surface area contributed by atoms with Crippen LogP contribution in [0.2, 0.25) is 0 Å². The zero-order valence-electron chi connectivity index (χ0n) is 14.9. The molecule has 2 heterocycles. The van der Waals surface area contributed by atoms with Crippen molar-refractivity contribution in [3.05, 3.63) is 59.7 Å². The molecule has 0 unspecified atom stereocenters. The lowest BCUT2D eigenvalue weighted by Gasteiger charge is -2.34. The monoisotopic (exact) mass is 345 g/mol. The highest BCUT2D eigenvalue weighted by Crippen LogP contribution is 2.31. The maximum absolute atomic E-state index is 12.8. The Morgan fingerprint density at radius 3 is 2.50 bits per heavy atom. The van der Waals surface area contributed by atoms with Crippen LogP contribution in [-0.4, -0.2) is 25.5 Å². The first-order valence-electron chi connectivity index (χ1n) is 9.38. The molecule has 2 aromatic carbocycles. The third-order valence-corrected chi connectivity index (χ3v) is 5.63. The Morgan fingerprint density at radius 1 is 1.04 bits per heavy atom. The van der Waals surface area contributed by atoms with E-state index in [0.29, 0.717) is 17.9 Å². The van der Waals surface area contributed by atoms with Gasteiger partial charge in [0, 0.05) is 37.4 Å². The van der Waals surface area contributed by atoms with Gasteiger partial charge < -0.3 is 9.80 Å². The van der Waals surface area contributed by atoms with Crippen molar-refractivity contribution in [2.45, 2.75) is 25.7 Å². The first-order chi connectivity index (χ1) is 12.7. The van der Waals surface area contributed by atoms with Crippen molar-refractivity contribution in [2.75, 3.05) is 29.4 Å². The highest BCUT2D eigenvalue weighted by molar-refractivity contribution is 5.95. The fourth-order valence-electron chi connectivity index (χ4n) is 4.10. The van der Waals surface area contributed by atoms with Crippen molar-refractivity contribution in [2.24, 2.45) is 5.92 Å². The molecule has 0 spiro atoms. The summed E-state index contributed by atoms with van der Waals surface area (Å²) in [5.41, 5.74) is 4.26. The van der Waals surface area contributed by atoms with Crippen molar-refractivity contribution in [1.29, 1.82) is 5.26 Å². The number of rotatable bonds is 3. The first kappa shape index (κ1) is 16.7. The number of nitriles is 1. The highest BCUT2D eigenvalue weighted by atomic mass is 16.2. The minimum atomic E-state index is 0.270. The molecule has 0 bridgehead atoms. The average Bonchev–Trinajstić information content (AvgIpc) is 3.13. The molecular weight excluding hydrogens is 322 g/mol. The quantitative estimate of drug-likeness (QED) is 0.851. The van der Waals surface area contributed by atoms with Crippen molar-refractivity contribution >= 4 is 17.3 Å². The molecular formula is C22H23N3O. The predicted octanol–water partition coefficient (Wildman–Crippen LogP) is 3.75. The number of fused-ring (bicyclic) bond motifs is 1. The number of amides is 1. The maximum Gasteiger partial charge on any atom is 0.227 e. The summed E-state index contributed by atoms with van der Waals surface area (Å²) in [6.45, 7) is 2.77. The first-order valence-corrected chi connectivity index (χ1v) is 9.38. The summed E-state index contributed by atoms with van der Waals surface area (Å²) in [6.07, 6.45) is 3.71. The minimum Gasteiger partial charge on any atom is -0.372 e. The van der Waals surface area contributed by atoms with Crippen LogP contribution >= 0.6 is 0 Å². The van der Waals surface area contributed by atoms with Gasteiger partial charge in [0.25, 0.3) is 0 Å². The van der Waals surface area contributed by atoms with Gasteiger partial charge in [-0.25, -0.2) is 0 Å². The largest absolute Gasteiger partial charge is 0.372 e. The molecule has 0 aliphatic carbocycles. The second kappa shape index (κ2) is 7.21. The van der Waals surface area contributed by atoms with Gasteiger partial charge in [-0.1, -0.05) is 18.2 Å². The van der Waals surface area contributed by atoms with E-state index in [1.54, 1.807) is 0 Å². The Balaban J connectivity index is 1.33. The van der Waals surface area contributed by atoms with Crippen LogP contribution in [0.4, 0.5) is 11.4 Å². The van der Waals surface area contributed by atoms with Gasteiger partial charge in [-0.2, -0.15) is 5.26 Å². The van der Waals surface area contributed by atoms with Crippen molar-refractivity contribution < 1.29 is 4.79 Å². The van der Waals surface area contributed by atoms with Crippen LogP contribution in [0.15, 0.2) is 48.5 Å². The zero-order valence-corrected chi connectivity index (χ0v) is 14.9. The van der Waals surface area contributed by atoms with E-state index < -0.39 is 0 Å². The molecule has 4 rings (SSSR count).